The van der Waals surface area contributed by atoms with Gasteiger partial charge in [0.2, 0.25) is 0 Å². The van der Waals surface area contributed by atoms with Crippen LogP contribution in [0.4, 0.5) is 5.69 Å². The average molecular weight is 255 g/mol. The first kappa shape index (κ1) is 11.0. The normalized spacial score (nSPS) is 10.7. The Hall–Kier alpha value is -2.07. The van der Waals surface area contributed by atoms with Crippen molar-refractivity contribution in [3.05, 3.63) is 59.0 Å². The molecule has 0 saturated heterocycles. The van der Waals surface area contributed by atoms with Gasteiger partial charge in [0, 0.05) is 22.3 Å². The van der Waals surface area contributed by atoms with Crippen LogP contribution in [0.1, 0.15) is 4.88 Å². The fraction of sp³-hybridized carbons (Fsp3) is 0.0714. The van der Waals surface area contributed by atoms with Gasteiger partial charge in [-0.2, -0.15) is 5.10 Å². The molecule has 0 atom stereocenters. The van der Waals surface area contributed by atoms with Crippen LogP contribution in [0.2, 0.25) is 0 Å². The first-order valence-corrected chi connectivity index (χ1v) is 6.60. The molecule has 2 aromatic heterocycles. The number of nitrogens with two attached hydrogens (primary N) is 1. The van der Waals surface area contributed by atoms with Crippen molar-refractivity contribution in [3.8, 4) is 11.1 Å². The SMILES string of the molecule is Nc1ccc(-c2cnn(Cc3cccs3)c2)cc1. The summed E-state index contributed by atoms with van der Waals surface area (Å²) in [7, 11) is 0. The number of thiophene rings is 1. The van der Waals surface area contributed by atoms with E-state index in [-0.39, 0.29) is 0 Å². The van der Waals surface area contributed by atoms with Crippen molar-refractivity contribution >= 4 is 17.0 Å². The molecule has 0 unspecified atom stereocenters. The van der Waals surface area contributed by atoms with Gasteiger partial charge in [-0.1, -0.05) is 18.2 Å². The Balaban J connectivity index is 1.83. The maximum atomic E-state index is 5.68. The number of aromatic nitrogens is 2. The van der Waals surface area contributed by atoms with E-state index in [1.807, 2.05) is 35.1 Å². The van der Waals surface area contributed by atoms with Crippen molar-refractivity contribution in [2.24, 2.45) is 0 Å². The number of rotatable bonds is 3. The van der Waals surface area contributed by atoms with Gasteiger partial charge in [0.1, 0.15) is 0 Å². The van der Waals surface area contributed by atoms with Gasteiger partial charge in [0.15, 0.2) is 0 Å². The topological polar surface area (TPSA) is 43.8 Å². The Bertz CT molecular complexity index is 623. The third kappa shape index (κ3) is 2.28. The van der Waals surface area contributed by atoms with Gasteiger partial charge in [-0.3, -0.25) is 4.68 Å². The number of hydrogen-bond donors (Lipinski definition) is 1. The molecule has 0 saturated carbocycles. The molecular weight excluding hydrogens is 242 g/mol. The highest BCUT2D eigenvalue weighted by atomic mass is 32.1. The van der Waals surface area contributed by atoms with Crippen LogP contribution in [-0.2, 0) is 6.54 Å². The lowest BCUT2D eigenvalue weighted by atomic mass is 10.1. The molecule has 0 aliphatic carbocycles. The molecule has 3 aromatic rings. The molecule has 0 radical (unpaired) electrons. The molecule has 0 aliphatic heterocycles. The summed E-state index contributed by atoms with van der Waals surface area (Å²) < 4.78 is 1.96. The van der Waals surface area contributed by atoms with Crippen LogP contribution in [-0.4, -0.2) is 9.78 Å². The molecule has 2 heterocycles. The van der Waals surface area contributed by atoms with Gasteiger partial charge in [0.25, 0.3) is 0 Å². The molecule has 0 bridgehead atoms. The van der Waals surface area contributed by atoms with E-state index in [0.29, 0.717) is 0 Å². The van der Waals surface area contributed by atoms with E-state index in [1.54, 1.807) is 11.3 Å². The van der Waals surface area contributed by atoms with E-state index < -0.39 is 0 Å². The lowest BCUT2D eigenvalue weighted by molar-refractivity contribution is 0.695. The second-order valence-electron chi connectivity index (χ2n) is 4.13. The van der Waals surface area contributed by atoms with Crippen LogP contribution in [0, 0.1) is 0 Å². The van der Waals surface area contributed by atoms with E-state index in [0.717, 1.165) is 23.4 Å². The summed E-state index contributed by atoms with van der Waals surface area (Å²) in [5.74, 6) is 0. The second-order valence-corrected chi connectivity index (χ2v) is 5.16. The lowest BCUT2D eigenvalue weighted by Crippen LogP contribution is -1.97. The summed E-state index contributed by atoms with van der Waals surface area (Å²) in [5, 5.41) is 6.47. The summed E-state index contributed by atoms with van der Waals surface area (Å²) in [5.41, 5.74) is 8.72. The zero-order valence-electron chi connectivity index (χ0n) is 9.78. The zero-order valence-corrected chi connectivity index (χ0v) is 10.6. The number of nitrogens with zero attached hydrogens (tertiary/aromatic N) is 2. The Morgan fingerprint density at radius 3 is 2.67 bits per heavy atom. The number of benzene rings is 1. The highest BCUT2D eigenvalue weighted by Gasteiger charge is 2.02. The summed E-state index contributed by atoms with van der Waals surface area (Å²) in [6.07, 6.45) is 3.95. The first-order valence-electron chi connectivity index (χ1n) is 5.72. The molecule has 18 heavy (non-hydrogen) atoms. The summed E-state index contributed by atoms with van der Waals surface area (Å²) in [4.78, 5) is 1.31. The Kier molecular flexibility index (Phi) is 2.86. The molecule has 3 rings (SSSR count). The summed E-state index contributed by atoms with van der Waals surface area (Å²) in [6.45, 7) is 0.826. The quantitative estimate of drug-likeness (QED) is 0.730. The number of hydrogen-bond acceptors (Lipinski definition) is 3. The Morgan fingerprint density at radius 2 is 1.94 bits per heavy atom. The fourth-order valence-electron chi connectivity index (χ4n) is 1.84. The van der Waals surface area contributed by atoms with E-state index in [9.17, 15) is 0 Å². The third-order valence-electron chi connectivity index (χ3n) is 2.78. The lowest BCUT2D eigenvalue weighted by Gasteiger charge is -1.98. The van der Waals surface area contributed by atoms with Crippen molar-refractivity contribution in [3.63, 3.8) is 0 Å². The van der Waals surface area contributed by atoms with E-state index in [4.69, 9.17) is 5.73 Å². The Labute approximate surface area is 109 Å². The minimum absolute atomic E-state index is 0.782. The van der Waals surface area contributed by atoms with E-state index >= 15 is 0 Å². The highest BCUT2D eigenvalue weighted by molar-refractivity contribution is 7.09. The standard InChI is InChI=1S/C14H13N3S/c15-13-5-3-11(4-6-13)12-8-16-17(9-12)10-14-2-1-7-18-14/h1-9H,10,15H2. The van der Waals surface area contributed by atoms with Crippen LogP contribution in [0.5, 0.6) is 0 Å². The molecule has 0 aliphatic rings. The molecule has 0 fully saturated rings. The van der Waals surface area contributed by atoms with Gasteiger partial charge in [-0.15, -0.1) is 11.3 Å². The summed E-state index contributed by atoms with van der Waals surface area (Å²) in [6, 6.07) is 12.0. The number of anilines is 1. The van der Waals surface area contributed by atoms with Crippen LogP contribution in [0.3, 0.4) is 0 Å². The predicted octanol–water partition coefficient (Wildman–Crippen LogP) is 3.24. The van der Waals surface area contributed by atoms with Crippen molar-refractivity contribution in [1.29, 1.82) is 0 Å². The largest absolute Gasteiger partial charge is 0.399 e. The van der Waals surface area contributed by atoms with Crippen molar-refractivity contribution < 1.29 is 0 Å². The molecular formula is C14H13N3S. The molecule has 0 spiro atoms. The molecule has 90 valence electrons. The fourth-order valence-corrected chi connectivity index (χ4v) is 2.53. The highest BCUT2D eigenvalue weighted by Crippen LogP contribution is 2.20. The molecule has 4 heteroatoms. The van der Waals surface area contributed by atoms with Gasteiger partial charge >= 0.3 is 0 Å². The first-order chi connectivity index (χ1) is 8.81. The van der Waals surface area contributed by atoms with Crippen LogP contribution in [0.25, 0.3) is 11.1 Å². The van der Waals surface area contributed by atoms with Crippen LogP contribution >= 0.6 is 11.3 Å². The van der Waals surface area contributed by atoms with Crippen LogP contribution in [0.15, 0.2) is 54.2 Å². The number of nitrogen functional groups attached to an aromatic ring is 1. The van der Waals surface area contributed by atoms with Crippen molar-refractivity contribution in [2.75, 3.05) is 5.73 Å². The van der Waals surface area contributed by atoms with Crippen molar-refractivity contribution in [2.45, 2.75) is 6.54 Å². The third-order valence-corrected chi connectivity index (χ3v) is 3.64. The van der Waals surface area contributed by atoms with Gasteiger partial charge in [-0.25, -0.2) is 0 Å². The molecule has 0 amide bonds. The monoisotopic (exact) mass is 255 g/mol. The van der Waals surface area contributed by atoms with Crippen LogP contribution < -0.4 is 5.73 Å². The predicted molar refractivity (Wildman–Crippen MR) is 75.5 cm³/mol. The zero-order chi connectivity index (χ0) is 12.4. The molecule has 2 N–H and O–H groups in total. The summed E-state index contributed by atoms with van der Waals surface area (Å²) >= 11 is 1.75. The van der Waals surface area contributed by atoms with Gasteiger partial charge < -0.3 is 5.73 Å². The molecule has 3 nitrogen and oxygen atoms in total. The maximum Gasteiger partial charge on any atom is 0.0752 e. The van der Waals surface area contributed by atoms with E-state index in [2.05, 4.69) is 28.8 Å². The molecule has 1 aromatic carbocycles. The van der Waals surface area contributed by atoms with E-state index in [1.165, 1.54) is 4.88 Å². The smallest absolute Gasteiger partial charge is 0.0752 e. The Morgan fingerprint density at radius 1 is 1.11 bits per heavy atom. The maximum absolute atomic E-state index is 5.68. The van der Waals surface area contributed by atoms with Gasteiger partial charge in [0.05, 0.1) is 12.7 Å². The average Bonchev–Trinajstić information content (AvgIpc) is 3.02. The van der Waals surface area contributed by atoms with Crippen molar-refractivity contribution in [1.82, 2.24) is 9.78 Å². The minimum Gasteiger partial charge on any atom is -0.399 e. The minimum atomic E-state index is 0.782. The van der Waals surface area contributed by atoms with Gasteiger partial charge in [-0.05, 0) is 29.1 Å². The second kappa shape index (κ2) is 4.66.